The molecular weight excluding hydrogens is 296 g/mol. The Hall–Kier alpha value is -1.85. The number of pyridine rings is 1. The van der Waals surface area contributed by atoms with Crippen molar-refractivity contribution in [1.29, 1.82) is 0 Å². The second-order valence-corrected chi connectivity index (χ2v) is 5.88. The van der Waals surface area contributed by atoms with E-state index in [-0.39, 0.29) is 18.6 Å². The highest BCUT2D eigenvalue weighted by atomic mass is 32.2. The van der Waals surface area contributed by atoms with E-state index in [1.54, 1.807) is 24.2 Å². The normalized spacial score (nSPS) is 11.9. The van der Waals surface area contributed by atoms with Crippen molar-refractivity contribution in [2.45, 2.75) is 18.2 Å². The lowest BCUT2D eigenvalue weighted by Gasteiger charge is -2.18. The molecule has 116 valence electrons. The molecule has 0 aliphatic rings. The van der Waals surface area contributed by atoms with Crippen LogP contribution in [0.25, 0.3) is 0 Å². The summed E-state index contributed by atoms with van der Waals surface area (Å²) >= 11 is 1.57. The highest BCUT2D eigenvalue weighted by Crippen LogP contribution is 2.17. The van der Waals surface area contributed by atoms with Gasteiger partial charge in [-0.05, 0) is 29.7 Å². The van der Waals surface area contributed by atoms with Crippen molar-refractivity contribution in [1.82, 2.24) is 10.3 Å². The molecule has 4 nitrogen and oxygen atoms in total. The Balaban J connectivity index is 1.81. The quantitative estimate of drug-likeness (QED) is 0.786. The minimum Gasteiger partial charge on any atom is -0.396 e. The van der Waals surface area contributed by atoms with Gasteiger partial charge in [0.05, 0.1) is 11.8 Å². The first-order valence-electron chi connectivity index (χ1n) is 7.21. The van der Waals surface area contributed by atoms with Crippen LogP contribution in [0.2, 0.25) is 0 Å². The summed E-state index contributed by atoms with van der Waals surface area (Å²) in [4.78, 5) is 16.0. The van der Waals surface area contributed by atoms with Gasteiger partial charge in [-0.25, -0.2) is 0 Å². The van der Waals surface area contributed by atoms with Crippen molar-refractivity contribution in [2.24, 2.45) is 0 Å². The van der Waals surface area contributed by atoms with Crippen LogP contribution in [0.5, 0.6) is 0 Å². The molecule has 2 N–H and O–H groups in total. The molecule has 1 amide bonds. The molecule has 0 saturated carbocycles. The molecule has 2 rings (SSSR count). The Labute approximate surface area is 135 Å². The standard InChI is InChI=1S/C17H20N2O2S/c20-11-8-16(15-4-2-1-3-5-15)19-17(21)13-22-12-14-6-9-18-10-7-14/h1-7,9-10,16,20H,8,11-13H2,(H,19,21). The molecule has 1 atom stereocenters. The first-order chi connectivity index (χ1) is 10.8. The van der Waals surface area contributed by atoms with Crippen LogP contribution in [0.3, 0.4) is 0 Å². The van der Waals surface area contributed by atoms with Gasteiger partial charge < -0.3 is 10.4 Å². The summed E-state index contributed by atoms with van der Waals surface area (Å²) in [5.41, 5.74) is 2.17. The molecule has 1 aromatic carbocycles. The first-order valence-corrected chi connectivity index (χ1v) is 8.37. The lowest BCUT2D eigenvalue weighted by Crippen LogP contribution is -2.30. The number of benzene rings is 1. The van der Waals surface area contributed by atoms with Crippen LogP contribution < -0.4 is 5.32 Å². The molecule has 5 heteroatoms. The average molecular weight is 316 g/mol. The smallest absolute Gasteiger partial charge is 0.230 e. The third kappa shape index (κ3) is 5.50. The summed E-state index contributed by atoms with van der Waals surface area (Å²) in [6.45, 7) is 0.0456. The van der Waals surface area contributed by atoms with E-state index in [0.29, 0.717) is 12.2 Å². The Morgan fingerprint density at radius 1 is 1.18 bits per heavy atom. The zero-order chi connectivity index (χ0) is 15.6. The van der Waals surface area contributed by atoms with Crippen molar-refractivity contribution in [3.8, 4) is 0 Å². The van der Waals surface area contributed by atoms with Crippen molar-refractivity contribution in [2.75, 3.05) is 12.4 Å². The van der Waals surface area contributed by atoms with Crippen molar-refractivity contribution in [3.63, 3.8) is 0 Å². The molecule has 0 fully saturated rings. The fourth-order valence-electron chi connectivity index (χ4n) is 2.11. The number of hydrogen-bond acceptors (Lipinski definition) is 4. The molecule has 22 heavy (non-hydrogen) atoms. The Morgan fingerprint density at radius 2 is 1.91 bits per heavy atom. The predicted molar refractivity (Wildman–Crippen MR) is 89.4 cm³/mol. The molecule has 0 saturated heterocycles. The molecule has 0 spiro atoms. The number of carbonyl (C=O) groups is 1. The van der Waals surface area contributed by atoms with E-state index in [1.807, 2.05) is 42.5 Å². The van der Waals surface area contributed by atoms with Crippen molar-refractivity contribution < 1.29 is 9.90 Å². The van der Waals surface area contributed by atoms with E-state index < -0.39 is 0 Å². The summed E-state index contributed by atoms with van der Waals surface area (Å²) in [5.74, 6) is 1.17. The van der Waals surface area contributed by atoms with Gasteiger partial charge in [0.15, 0.2) is 0 Å². The lowest BCUT2D eigenvalue weighted by molar-refractivity contribution is -0.119. The van der Waals surface area contributed by atoms with Gasteiger partial charge in [-0.15, -0.1) is 11.8 Å². The summed E-state index contributed by atoms with van der Waals surface area (Å²) in [7, 11) is 0. The van der Waals surface area contributed by atoms with Crippen LogP contribution in [0.4, 0.5) is 0 Å². The second-order valence-electron chi connectivity index (χ2n) is 4.89. The van der Waals surface area contributed by atoms with E-state index in [2.05, 4.69) is 10.3 Å². The summed E-state index contributed by atoms with van der Waals surface area (Å²) in [6.07, 6.45) is 4.02. The van der Waals surface area contributed by atoms with Gasteiger partial charge in [0, 0.05) is 24.8 Å². The number of hydrogen-bond donors (Lipinski definition) is 2. The molecule has 0 aliphatic heterocycles. The fraction of sp³-hybridized carbons (Fsp3) is 0.294. The zero-order valence-electron chi connectivity index (χ0n) is 12.3. The summed E-state index contributed by atoms with van der Waals surface area (Å²) < 4.78 is 0. The van der Waals surface area contributed by atoms with Crippen LogP contribution in [-0.4, -0.2) is 28.4 Å². The van der Waals surface area contributed by atoms with E-state index in [0.717, 1.165) is 16.9 Å². The third-order valence-corrected chi connectivity index (χ3v) is 4.21. The van der Waals surface area contributed by atoms with Gasteiger partial charge in [-0.1, -0.05) is 30.3 Å². The molecular formula is C17H20N2O2S. The van der Waals surface area contributed by atoms with Gasteiger partial charge in [0.2, 0.25) is 5.91 Å². The number of nitrogens with zero attached hydrogens (tertiary/aromatic N) is 1. The Bertz CT molecular complexity index is 563. The molecule has 0 bridgehead atoms. The van der Waals surface area contributed by atoms with E-state index >= 15 is 0 Å². The van der Waals surface area contributed by atoms with Gasteiger partial charge in [0.25, 0.3) is 0 Å². The predicted octanol–water partition coefficient (Wildman–Crippen LogP) is 2.55. The van der Waals surface area contributed by atoms with Gasteiger partial charge in [0.1, 0.15) is 0 Å². The molecule has 1 unspecified atom stereocenters. The highest BCUT2D eigenvalue weighted by molar-refractivity contribution is 7.99. The summed E-state index contributed by atoms with van der Waals surface area (Å²) in [6, 6.07) is 13.5. The maximum Gasteiger partial charge on any atom is 0.230 e. The molecule has 1 aromatic heterocycles. The molecule has 2 aromatic rings. The van der Waals surface area contributed by atoms with Crippen LogP contribution in [0, 0.1) is 0 Å². The third-order valence-electron chi connectivity index (χ3n) is 3.21. The maximum absolute atomic E-state index is 12.1. The van der Waals surface area contributed by atoms with Crippen molar-refractivity contribution >= 4 is 17.7 Å². The lowest BCUT2D eigenvalue weighted by atomic mass is 10.0. The van der Waals surface area contributed by atoms with Crippen LogP contribution in [0.1, 0.15) is 23.6 Å². The second kappa shape index (κ2) is 9.23. The minimum atomic E-state index is -0.139. The monoisotopic (exact) mass is 316 g/mol. The number of thioether (sulfide) groups is 1. The average Bonchev–Trinajstić information content (AvgIpc) is 2.56. The van der Waals surface area contributed by atoms with E-state index in [4.69, 9.17) is 0 Å². The van der Waals surface area contributed by atoms with Crippen LogP contribution in [0.15, 0.2) is 54.9 Å². The number of carbonyl (C=O) groups excluding carboxylic acids is 1. The number of rotatable bonds is 8. The fourth-order valence-corrected chi connectivity index (χ4v) is 2.91. The first kappa shape index (κ1) is 16.5. The number of aliphatic hydroxyl groups is 1. The molecule has 1 heterocycles. The van der Waals surface area contributed by atoms with Crippen LogP contribution >= 0.6 is 11.8 Å². The number of amides is 1. The van der Waals surface area contributed by atoms with E-state index in [1.165, 1.54) is 0 Å². The molecule has 0 radical (unpaired) electrons. The minimum absolute atomic E-state index is 0.0126. The number of aliphatic hydroxyl groups excluding tert-OH is 1. The van der Waals surface area contributed by atoms with Gasteiger partial charge in [-0.3, -0.25) is 9.78 Å². The molecule has 0 aliphatic carbocycles. The van der Waals surface area contributed by atoms with Gasteiger partial charge in [-0.2, -0.15) is 0 Å². The SMILES string of the molecule is O=C(CSCc1ccncc1)NC(CCO)c1ccccc1. The summed E-state index contributed by atoms with van der Waals surface area (Å²) in [5, 5.41) is 12.2. The number of aromatic nitrogens is 1. The number of nitrogens with one attached hydrogen (secondary N) is 1. The maximum atomic E-state index is 12.1. The van der Waals surface area contributed by atoms with Crippen molar-refractivity contribution in [3.05, 3.63) is 66.0 Å². The highest BCUT2D eigenvalue weighted by Gasteiger charge is 2.13. The zero-order valence-corrected chi connectivity index (χ0v) is 13.1. The van der Waals surface area contributed by atoms with E-state index in [9.17, 15) is 9.90 Å². The van der Waals surface area contributed by atoms with Crippen LogP contribution in [-0.2, 0) is 10.5 Å². The Morgan fingerprint density at radius 3 is 2.59 bits per heavy atom. The largest absolute Gasteiger partial charge is 0.396 e. The van der Waals surface area contributed by atoms with Gasteiger partial charge >= 0.3 is 0 Å². The topological polar surface area (TPSA) is 62.2 Å². The Kier molecular flexibility index (Phi) is 6.93.